The van der Waals surface area contributed by atoms with E-state index < -0.39 is 126 Å². The molecule has 2 aliphatic carbocycles. The number of fused-ring (bicyclic) bond motifs is 3. The molecule has 446 valence electrons. The van der Waals surface area contributed by atoms with Crippen molar-refractivity contribution in [3.8, 4) is 17.2 Å². The monoisotopic (exact) mass is 1160 g/mol. The molecule has 8 rings (SSSR count). The lowest BCUT2D eigenvalue weighted by atomic mass is 9.72. The zero-order valence-electron chi connectivity index (χ0n) is 46.7. The zero-order valence-corrected chi connectivity index (χ0v) is 46.7. The number of nitrogens with zero attached hydrogens (tertiary/aromatic N) is 1. The second-order valence-electron chi connectivity index (χ2n) is 21.3. The number of hydrogen-bond acceptors (Lipinski definition) is 18. The number of aliphatic hydroxyl groups is 3. The molecular formula is C61H69N5O18. The fourth-order valence-corrected chi connectivity index (χ4v) is 11.0. The molecule has 23 nitrogen and oxygen atoms in total. The maximum atomic E-state index is 14.1. The van der Waals surface area contributed by atoms with Gasteiger partial charge in [0.2, 0.25) is 23.5 Å². The summed E-state index contributed by atoms with van der Waals surface area (Å²) in [5.41, 5.74) is -2.71. The highest BCUT2D eigenvalue weighted by molar-refractivity contribution is 6.31. The minimum atomic E-state index is -2.41. The molecule has 1 saturated heterocycles. The van der Waals surface area contributed by atoms with E-state index in [1.807, 2.05) is 37.3 Å². The fraction of sp³-hybridized carbons (Fsp3) is 0.426. The maximum absolute atomic E-state index is 14.1. The second kappa shape index (κ2) is 27.4. The molecule has 4 aliphatic rings. The number of phenols is 2. The highest BCUT2D eigenvalue weighted by Gasteiger charge is 2.50. The van der Waals surface area contributed by atoms with Crippen LogP contribution in [0.3, 0.4) is 0 Å². The Bertz CT molecular complexity index is 3190. The minimum Gasteiger partial charge on any atom is -0.507 e. The highest BCUT2D eigenvalue weighted by Crippen LogP contribution is 2.52. The van der Waals surface area contributed by atoms with Crippen LogP contribution >= 0.6 is 0 Å². The number of ketones is 3. The van der Waals surface area contributed by atoms with Gasteiger partial charge >= 0.3 is 6.09 Å². The van der Waals surface area contributed by atoms with E-state index >= 15 is 0 Å². The maximum Gasteiger partial charge on any atom is 0.407 e. The number of rotatable bonds is 25. The van der Waals surface area contributed by atoms with Crippen LogP contribution in [-0.4, -0.2) is 146 Å². The average Bonchev–Trinajstić information content (AvgIpc) is 3.56. The molecule has 1 unspecified atom stereocenters. The number of carbonyl (C=O) groups is 9. The number of phenolic OH excluding ortho intramolecular Hbond substituents is 2. The van der Waals surface area contributed by atoms with Gasteiger partial charge in [0.15, 0.2) is 17.9 Å². The van der Waals surface area contributed by atoms with Crippen LogP contribution in [0.15, 0.2) is 84.9 Å². The largest absolute Gasteiger partial charge is 0.507 e. The zero-order chi connectivity index (χ0) is 60.4. The Morgan fingerprint density at radius 3 is 2.20 bits per heavy atom. The van der Waals surface area contributed by atoms with E-state index in [0.29, 0.717) is 43.4 Å². The molecule has 0 radical (unpaired) electrons. The van der Waals surface area contributed by atoms with Crippen molar-refractivity contribution in [3.05, 3.63) is 129 Å². The van der Waals surface area contributed by atoms with Crippen molar-refractivity contribution in [1.29, 1.82) is 0 Å². The summed E-state index contributed by atoms with van der Waals surface area (Å²) < 4.78 is 23.1. The predicted molar refractivity (Wildman–Crippen MR) is 298 cm³/mol. The summed E-state index contributed by atoms with van der Waals surface area (Å²) in [7, 11) is 1.29. The van der Waals surface area contributed by atoms with Crippen LogP contribution in [0.1, 0.15) is 138 Å². The third-order valence-electron chi connectivity index (χ3n) is 15.5. The number of aliphatic hydroxyl groups excluding tert-OH is 2. The molecule has 84 heavy (non-hydrogen) atoms. The van der Waals surface area contributed by atoms with Gasteiger partial charge in [-0.05, 0) is 55.5 Å². The molecule has 23 heteroatoms. The number of benzene rings is 4. The number of unbranched alkanes of at least 4 members (excludes halogenated alkanes) is 4. The first kappa shape index (κ1) is 61.7. The summed E-state index contributed by atoms with van der Waals surface area (Å²) in [6.45, 7) is 2.34. The van der Waals surface area contributed by atoms with Gasteiger partial charge in [0, 0.05) is 73.2 Å². The smallest absolute Gasteiger partial charge is 0.407 e. The molecule has 4 aromatic rings. The Balaban J connectivity index is 0.880. The van der Waals surface area contributed by atoms with Crippen molar-refractivity contribution < 1.29 is 87.6 Å². The number of ether oxygens (including phenoxy) is 4. The molecule has 9 N–H and O–H groups in total. The predicted octanol–water partition coefficient (Wildman–Crippen LogP) is 4.19. The van der Waals surface area contributed by atoms with Gasteiger partial charge in [-0.1, -0.05) is 87.2 Å². The second-order valence-corrected chi connectivity index (χ2v) is 21.3. The standard InChI is InChI=1S/C61H69N5O18/c1-4-5-8-17-39(64-59(78)41(27-34-14-9-6-10-15-34)63-45(69)19-11-7-12-26-66-46(70)24-25-47(66)71)58(77)62-36-22-20-35(21-23-36)32-82-60(79)65-40-28-48(83-33(2)53(40)72)84-43-30-61(80,44(68)31-67)29-38-50(43)57(76)52-51(55(38)74)54(73)37-16-13-18-42(81-3)49(37)56(52)75/h6,9-10,13-16,18,20-25,33,39-41,43,48,53,67,72,74,76,80H,4-5,7-8,11-12,17,19,26-32H2,1-3H3,(H,62,77)(H,63,69)(H,64,78)(H,65,79)/t33-,39-,40-,41-,43-,48?,53+,61-/m0/s1. The number of amides is 6. The molecular weight excluding hydrogens is 1090 g/mol. The summed E-state index contributed by atoms with van der Waals surface area (Å²) >= 11 is 0. The number of nitrogens with one attached hydrogen (secondary N) is 4. The van der Waals surface area contributed by atoms with Gasteiger partial charge in [-0.25, -0.2) is 4.79 Å². The molecule has 0 spiro atoms. The van der Waals surface area contributed by atoms with Crippen LogP contribution in [0.4, 0.5) is 10.5 Å². The van der Waals surface area contributed by atoms with Crippen molar-refractivity contribution in [3.63, 3.8) is 0 Å². The summed E-state index contributed by atoms with van der Waals surface area (Å²) in [6.07, 6.45) is -1.01. The molecule has 8 atom stereocenters. The normalized spacial score (nSPS) is 21.4. The molecule has 0 bridgehead atoms. The minimum absolute atomic E-state index is 0.0286. The highest BCUT2D eigenvalue weighted by atomic mass is 16.7. The summed E-state index contributed by atoms with van der Waals surface area (Å²) in [5.74, 6) is -6.47. The van der Waals surface area contributed by atoms with Gasteiger partial charge < -0.3 is 65.7 Å². The Morgan fingerprint density at radius 1 is 0.798 bits per heavy atom. The number of alkyl carbamates (subject to hydrolysis) is 1. The van der Waals surface area contributed by atoms with Gasteiger partial charge in [0.1, 0.15) is 54.3 Å². The van der Waals surface area contributed by atoms with E-state index in [1.165, 1.54) is 44.4 Å². The summed E-state index contributed by atoms with van der Waals surface area (Å²) in [6, 6.07) is 16.6. The Labute approximate surface area is 483 Å². The first-order valence-corrected chi connectivity index (χ1v) is 28.0. The van der Waals surface area contributed by atoms with E-state index in [4.69, 9.17) is 18.9 Å². The number of methoxy groups -OCH3 is 1. The van der Waals surface area contributed by atoms with Crippen LogP contribution < -0.4 is 26.0 Å². The molecule has 1 fully saturated rings. The van der Waals surface area contributed by atoms with Gasteiger partial charge in [-0.3, -0.25) is 43.3 Å². The topological polar surface area (TPSA) is 343 Å². The van der Waals surface area contributed by atoms with Gasteiger partial charge in [-0.2, -0.15) is 0 Å². The van der Waals surface area contributed by atoms with E-state index in [1.54, 1.807) is 24.3 Å². The quantitative estimate of drug-likeness (QED) is 0.0225. The molecule has 0 aromatic heterocycles. The average molecular weight is 1160 g/mol. The third kappa shape index (κ3) is 14.0. The molecule has 2 heterocycles. The fourth-order valence-electron chi connectivity index (χ4n) is 11.0. The Hall–Kier alpha value is -8.35. The lowest BCUT2D eigenvalue weighted by molar-refractivity contribution is -0.249. The van der Waals surface area contributed by atoms with Gasteiger partial charge in [0.05, 0.1) is 42.0 Å². The van der Waals surface area contributed by atoms with Gasteiger partial charge in [-0.15, -0.1) is 0 Å². The SMILES string of the molecule is CCCCC[C@H](NC(=O)[C@H](Cc1ccccc1)NC(=O)CCCCCN1C(=O)C=CC1=O)C(=O)Nc1ccc(COC(=O)N[C@H]2CC(O[C@H]3C[C@](O)(C(=O)CO)Cc4c(O)c5c(c(O)c43)C(=O)c3c(OC)cccc3C5=O)O[C@@H](C)[C@H]2O)cc1. The lowest BCUT2D eigenvalue weighted by Gasteiger charge is -2.42. The molecule has 6 amide bonds. The van der Waals surface area contributed by atoms with Crippen molar-refractivity contribution in [1.82, 2.24) is 20.9 Å². The molecule has 4 aromatic carbocycles. The van der Waals surface area contributed by atoms with E-state index in [-0.39, 0.29) is 78.1 Å². The number of hydrogen-bond donors (Lipinski definition) is 9. The van der Waals surface area contributed by atoms with Crippen molar-refractivity contribution in [2.45, 2.75) is 146 Å². The van der Waals surface area contributed by atoms with Crippen LogP contribution in [-0.2, 0) is 62.4 Å². The van der Waals surface area contributed by atoms with E-state index in [9.17, 15) is 68.7 Å². The number of anilines is 1. The van der Waals surface area contributed by atoms with Crippen LogP contribution in [0.25, 0.3) is 0 Å². The van der Waals surface area contributed by atoms with Crippen molar-refractivity contribution in [2.75, 3.05) is 25.6 Å². The number of aromatic hydroxyl groups is 2. The van der Waals surface area contributed by atoms with Crippen molar-refractivity contribution >= 4 is 58.7 Å². The number of carbonyl (C=O) groups excluding carboxylic acids is 9. The van der Waals surface area contributed by atoms with E-state index in [0.717, 1.165) is 23.3 Å². The first-order valence-electron chi connectivity index (χ1n) is 28.0. The lowest BCUT2D eigenvalue weighted by Crippen LogP contribution is -2.56. The number of Topliss-reactive ketones (excluding diaryl/α,β-unsaturated/α-hetero) is 1. The Kier molecular flexibility index (Phi) is 20.1. The van der Waals surface area contributed by atoms with Gasteiger partial charge in [0.25, 0.3) is 11.8 Å². The van der Waals surface area contributed by atoms with Crippen LogP contribution in [0, 0.1) is 0 Å². The molecule has 2 aliphatic heterocycles. The molecule has 0 saturated carbocycles. The van der Waals surface area contributed by atoms with E-state index in [2.05, 4.69) is 21.3 Å². The summed E-state index contributed by atoms with van der Waals surface area (Å²) in [5, 5.41) is 67.5. The number of imide groups is 1. The van der Waals surface area contributed by atoms with Crippen LogP contribution in [0.5, 0.6) is 17.2 Å². The third-order valence-corrected chi connectivity index (χ3v) is 15.5. The summed E-state index contributed by atoms with van der Waals surface area (Å²) in [4.78, 5) is 120. The van der Waals surface area contributed by atoms with Crippen molar-refractivity contribution in [2.24, 2.45) is 0 Å². The first-order chi connectivity index (χ1) is 40.2. The Morgan fingerprint density at radius 2 is 1.51 bits per heavy atom. The van der Waals surface area contributed by atoms with Crippen LogP contribution in [0.2, 0.25) is 0 Å².